The maximum absolute atomic E-state index is 13.9. The summed E-state index contributed by atoms with van der Waals surface area (Å²) in [6.07, 6.45) is 2.73. The molecule has 0 fully saturated rings. The Balaban J connectivity index is 1.92. The van der Waals surface area contributed by atoms with Crippen molar-refractivity contribution in [1.82, 2.24) is 10.3 Å². The maximum atomic E-state index is 13.9. The number of hydrogen-bond acceptors (Lipinski definition) is 2. The number of fused-ring (bicyclic) bond motifs is 1. The van der Waals surface area contributed by atoms with Gasteiger partial charge in [0.2, 0.25) is 5.91 Å². The number of aromatic amines is 1. The Kier molecular flexibility index (Phi) is 6.34. The molecule has 0 aliphatic heterocycles. The van der Waals surface area contributed by atoms with Gasteiger partial charge in [0.05, 0.1) is 7.11 Å². The Morgan fingerprint density at radius 3 is 2.50 bits per heavy atom. The average molecular weight is 382 g/mol. The van der Waals surface area contributed by atoms with Crippen molar-refractivity contribution in [1.29, 1.82) is 0 Å². The van der Waals surface area contributed by atoms with E-state index in [1.165, 1.54) is 12.1 Å². The Hall–Kier alpha value is -2.82. The fourth-order valence-corrected chi connectivity index (χ4v) is 3.51. The van der Waals surface area contributed by atoms with Gasteiger partial charge < -0.3 is 15.0 Å². The number of ether oxygens (including phenoxy) is 1. The number of aryl methyl sites for hydroxylation is 1. The summed E-state index contributed by atoms with van der Waals surface area (Å²) in [5.41, 5.74) is 3.72. The molecular formula is C23H27FN2O2. The quantitative estimate of drug-likeness (QED) is 0.561. The standard InChI is InChI=1S/C23H27FN2O2/c1-4-17(5-2)25-22(27)13-11-19-20-14-16(24)8-12-21(20)26-23(19)15-6-9-18(28-3)10-7-15/h6-10,12,14,17,26H,4-5,11,13H2,1-3H3,(H,25,27). The molecule has 4 nitrogen and oxygen atoms in total. The van der Waals surface area contributed by atoms with Crippen molar-refractivity contribution in [2.45, 2.75) is 45.6 Å². The van der Waals surface area contributed by atoms with Gasteiger partial charge in [-0.1, -0.05) is 13.8 Å². The van der Waals surface area contributed by atoms with Gasteiger partial charge in [-0.05, 0) is 72.9 Å². The molecule has 1 heterocycles. The first-order valence-electron chi connectivity index (χ1n) is 9.79. The summed E-state index contributed by atoms with van der Waals surface area (Å²) in [5.74, 6) is 0.521. The number of amides is 1. The number of hydrogen-bond donors (Lipinski definition) is 2. The Bertz CT molecular complexity index is 943. The van der Waals surface area contributed by atoms with E-state index in [4.69, 9.17) is 4.74 Å². The SMILES string of the molecule is CCC(CC)NC(=O)CCc1c(-c2ccc(OC)cc2)[nH]c2ccc(F)cc12. The van der Waals surface area contributed by atoms with Crippen LogP contribution in [0.15, 0.2) is 42.5 Å². The number of methoxy groups -OCH3 is 1. The molecule has 148 valence electrons. The van der Waals surface area contributed by atoms with Gasteiger partial charge in [-0.2, -0.15) is 0 Å². The number of halogens is 1. The average Bonchev–Trinajstić information content (AvgIpc) is 3.08. The molecule has 2 N–H and O–H groups in total. The molecule has 0 aliphatic carbocycles. The summed E-state index contributed by atoms with van der Waals surface area (Å²) in [5, 5.41) is 3.89. The van der Waals surface area contributed by atoms with Crippen LogP contribution in [0.2, 0.25) is 0 Å². The normalized spacial score (nSPS) is 11.2. The Labute approximate surface area is 165 Å². The van der Waals surface area contributed by atoms with Crippen LogP contribution in [0.3, 0.4) is 0 Å². The van der Waals surface area contributed by atoms with Gasteiger partial charge in [0, 0.05) is 29.1 Å². The molecule has 3 aromatic rings. The van der Waals surface area contributed by atoms with Crippen molar-refractivity contribution in [2.24, 2.45) is 0 Å². The summed E-state index contributed by atoms with van der Waals surface area (Å²) in [6.45, 7) is 4.14. The van der Waals surface area contributed by atoms with E-state index in [1.807, 2.05) is 24.3 Å². The lowest BCUT2D eigenvalue weighted by Gasteiger charge is -2.14. The second-order valence-electron chi connectivity index (χ2n) is 6.98. The molecule has 0 saturated heterocycles. The minimum Gasteiger partial charge on any atom is -0.497 e. The molecule has 5 heteroatoms. The van der Waals surface area contributed by atoms with Gasteiger partial charge in [-0.15, -0.1) is 0 Å². The first-order chi connectivity index (χ1) is 13.5. The van der Waals surface area contributed by atoms with Gasteiger partial charge >= 0.3 is 0 Å². The van der Waals surface area contributed by atoms with Crippen LogP contribution in [-0.2, 0) is 11.2 Å². The van der Waals surface area contributed by atoms with Crippen LogP contribution in [0.25, 0.3) is 22.2 Å². The molecule has 3 rings (SSSR count). The van der Waals surface area contributed by atoms with Crippen LogP contribution >= 0.6 is 0 Å². The highest BCUT2D eigenvalue weighted by Gasteiger charge is 2.16. The number of benzene rings is 2. The Morgan fingerprint density at radius 2 is 1.86 bits per heavy atom. The third kappa shape index (κ3) is 4.35. The van der Waals surface area contributed by atoms with Gasteiger partial charge in [-0.25, -0.2) is 4.39 Å². The van der Waals surface area contributed by atoms with Gasteiger partial charge in [-0.3, -0.25) is 4.79 Å². The van der Waals surface area contributed by atoms with Crippen LogP contribution in [0, 0.1) is 5.82 Å². The van der Waals surface area contributed by atoms with Crippen LogP contribution in [0.4, 0.5) is 4.39 Å². The molecule has 0 bridgehead atoms. The molecule has 0 atom stereocenters. The first kappa shape index (κ1) is 19.9. The monoisotopic (exact) mass is 382 g/mol. The summed E-state index contributed by atoms with van der Waals surface area (Å²) in [6, 6.07) is 12.6. The molecule has 0 aliphatic rings. The van der Waals surface area contributed by atoms with Crippen molar-refractivity contribution in [3.8, 4) is 17.0 Å². The highest BCUT2D eigenvalue weighted by molar-refractivity contribution is 5.91. The van der Waals surface area contributed by atoms with Crippen LogP contribution < -0.4 is 10.1 Å². The smallest absolute Gasteiger partial charge is 0.220 e. The summed E-state index contributed by atoms with van der Waals surface area (Å²) < 4.78 is 19.1. The zero-order valence-corrected chi connectivity index (χ0v) is 16.6. The predicted molar refractivity (Wildman–Crippen MR) is 111 cm³/mol. The zero-order valence-electron chi connectivity index (χ0n) is 16.6. The number of H-pyrrole nitrogens is 1. The molecule has 28 heavy (non-hydrogen) atoms. The minimum atomic E-state index is -0.282. The van der Waals surface area contributed by atoms with E-state index in [2.05, 4.69) is 24.1 Å². The molecule has 1 aromatic heterocycles. The van der Waals surface area contributed by atoms with E-state index in [0.717, 1.165) is 46.3 Å². The third-order valence-electron chi connectivity index (χ3n) is 5.20. The third-order valence-corrected chi connectivity index (χ3v) is 5.20. The van der Waals surface area contributed by atoms with Crippen molar-refractivity contribution < 1.29 is 13.9 Å². The van der Waals surface area contributed by atoms with Crippen molar-refractivity contribution >= 4 is 16.8 Å². The molecule has 0 unspecified atom stereocenters. The van der Waals surface area contributed by atoms with Crippen LogP contribution in [0.1, 0.15) is 38.7 Å². The number of carbonyl (C=O) groups excluding carboxylic acids is 1. The zero-order chi connectivity index (χ0) is 20.1. The van der Waals surface area contributed by atoms with E-state index in [0.29, 0.717) is 12.8 Å². The molecule has 0 saturated carbocycles. The minimum absolute atomic E-state index is 0.0279. The number of carbonyl (C=O) groups is 1. The van der Waals surface area contributed by atoms with Crippen LogP contribution in [-0.4, -0.2) is 24.0 Å². The molecular weight excluding hydrogens is 355 g/mol. The molecule has 2 aromatic carbocycles. The number of nitrogens with one attached hydrogen (secondary N) is 2. The van der Waals surface area contributed by atoms with Gasteiger partial charge in [0.25, 0.3) is 0 Å². The highest BCUT2D eigenvalue weighted by Crippen LogP contribution is 2.32. The maximum Gasteiger partial charge on any atom is 0.220 e. The van der Waals surface area contributed by atoms with Crippen molar-refractivity contribution in [2.75, 3.05) is 7.11 Å². The second kappa shape index (κ2) is 8.91. The predicted octanol–water partition coefficient (Wildman–Crippen LogP) is 5.22. The largest absolute Gasteiger partial charge is 0.497 e. The highest BCUT2D eigenvalue weighted by atomic mass is 19.1. The van der Waals surface area contributed by atoms with Gasteiger partial charge in [0.15, 0.2) is 0 Å². The van der Waals surface area contributed by atoms with E-state index in [1.54, 1.807) is 13.2 Å². The second-order valence-corrected chi connectivity index (χ2v) is 6.98. The Morgan fingerprint density at radius 1 is 1.14 bits per heavy atom. The molecule has 0 spiro atoms. The van der Waals surface area contributed by atoms with E-state index >= 15 is 0 Å². The first-order valence-corrected chi connectivity index (χ1v) is 9.79. The van der Waals surface area contributed by atoms with Crippen LogP contribution in [0.5, 0.6) is 5.75 Å². The number of aromatic nitrogens is 1. The van der Waals surface area contributed by atoms with E-state index in [9.17, 15) is 9.18 Å². The lowest BCUT2D eigenvalue weighted by Crippen LogP contribution is -2.33. The lowest BCUT2D eigenvalue weighted by atomic mass is 10.0. The van der Waals surface area contributed by atoms with Gasteiger partial charge in [0.1, 0.15) is 11.6 Å². The topological polar surface area (TPSA) is 54.1 Å². The summed E-state index contributed by atoms with van der Waals surface area (Å²) in [7, 11) is 1.63. The van der Waals surface area contributed by atoms with Crippen molar-refractivity contribution in [3.05, 3.63) is 53.8 Å². The van der Waals surface area contributed by atoms with E-state index in [-0.39, 0.29) is 17.8 Å². The van der Waals surface area contributed by atoms with Crippen molar-refractivity contribution in [3.63, 3.8) is 0 Å². The molecule has 1 amide bonds. The summed E-state index contributed by atoms with van der Waals surface area (Å²) in [4.78, 5) is 15.8. The summed E-state index contributed by atoms with van der Waals surface area (Å²) >= 11 is 0. The molecule has 0 radical (unpaired) electrons. The lowest BCUT2D eigenvalue weighted by molar-refractivity contribution is -0.121. The fourth-order valence-electron chi connectivity index (χ4n) is 3.51. The fraction of sp³-hybridized carbons (Fsp3) is 0.348. The number of rotatable bonds is 8. The van der Waals surface area contributed by atoms with E-state index < -0.39 is 0 Å².